The second-order valence-corrected chi connectivity index (χ2v) is 5.74. The molecule has 2 heterocycles. The first-order valence-corrected chi connectivity index (χ1v) is 8.01. The summed E-state index contributed by atoms with van der Waals surface area (Å²) in [6.07, 6.45) is 4.93. The topological polar surface area (TPSA) is 38.3 Å². The van der Waals surface area contributed by atoms with Crippen molar-refractivity contribution in [2.45, 2.75) is 32.3 Å². The molecular weight excluding hydrogens is 289 g/mol. The molecule has 6 heteroatoms. The van der Waals surface area contributed by atoms with E-state index in [1.165, 1.54) is 49.5 Å². The predicted molar refractivity (Wildman–Crippen MR) is 81.3 cm³/mol. The van der Waals surface area contributed by atoms with Gasteiger partial charge in [-0.25, -0.2) is 4.39 Å². The fourth-order valence-corrected chi connectivity index (χ4v) is 2.99. The lowest BCUT2D eigenvalue weighted by Crippen LogP contribution is -2.24. The zero-order valence-corrected chi connectivity index (χ0v) is 12.6. The van der Waals surface area contributed by atoms with E-state index >= 15 is 0 Å². The summed E-state index contributed by atoms with van der Waals surface area (Å²) in [6.45, 7) is 2.41. The second-order valence-electron chi connectivity index (χ2n) is 5.21. The summed E-state index contributed by atoms with van der Waals surface area (Å²) in [7, 11) is 0. The van der Waals surface area contributed by atoms with Gasteiger partial charge in [0.15, 0.2) is 0 Å². The third kappa shape index (κ3) is 3.69. The molecule has 1 fully saturated rings. The molecule has 0 N–H and O–H groups in total. The quantitative estimate of drug-likeness (QED) is 0.864. The minimum absolute atomic E-state index is 0.237. The van der Waals surface area contributed by atoms with Crippen molar-refractivity contribution in [3.05, 3.63) is 35.6 Å². The third-order valence-corrected chi connectivity index (χ3v) is 4.14. The highest BCUT2D eigenvalue weighted by Crippen LogP contribution is 2.28. The highest BCUT2D eigenvalue weighted by atomic mass is 32.1. The summed E-state index contributed by atoms with van der Waals surface area (Å²) in [5, 5.41) is 0. The minimum Gasteiger partial charge on any atom is -0.470 e. The van der Waals surface area contributed by atoms with Crippen LogP contribution in [0.4, 0.5) is 10.2 Å². The standard InChI is InChI=1S/C15H18FN3OS/c16-13-7-5-12(6-8-13)11-20-15-14(17-21-18-15)19-9-3-1-2-4-10-19/h5-8H,1-4,9-11H2. The maximum atomic E-state index is 12.9. The first-order chi connectivity index (χ1) is 10.3. The maximum Gasteiger partial charge on any atom is 0.271 e. The van der Waals surface area contributed by atoms with Crippen molar-refractivity contribution >= 4 is 17.5 Å². The van der Waals surface area contributed by atoms with Crippen LogP contribution in [-0.4, -0.2) is 21.8 Å². The molecule has 0 aliphatic carbocycles. The first kappa shape index (κ1) is 14.3. The molecule has 0 amide bonds. The molecule has 0 radical (unpaired) electrons. The summed E-state index contributed by atoms with van der Waals surface area (Å²) < 4.78 is 27.3. The first-order valence-electron chi connectivity index (χ1n) is 7.28. The average Bonchev–Trinajstić information content (AvgIpc) is 2.80. The van der Waals surface area contributed by atoms with Crippen molar-refractivity contribution in [1.29, 1.82) is 0 Å². The van der Waals surface area contributed by atoms with Gasteiger partial charge in [-0.3, -0.25) is 0 Å². The van der Waals surface area contributed by atoms with Crippen molar-refractivity contribution in [3.63, 3.8) is 0 Å². The van der Waals surface area contributed by atoms with Crippen molar-refractivity contribution in [2.24, 2.45) is 0 Å². The molecule has 1 saturated heterocycles. The Morgan fingerprint density at radius 2 is 1.76 bits per heavy atom. The number of anilines is 1. The molecule has 1 aromatic heterocycles. The van der Waals surface area contributed by atoms with Gasteiger partial charge >= 0.3 is 0 Å². The Labute approximate surface area is 127 Å². The number of ether oxygens (including phenoxy) is 1. The normalized spacial score (nSPS) is 15.8. The second kappa shape index (κ2) is 6.85. The van der Waals surface area contributed by atoms with E-state index in [-0.39, 0.29) is 5.82 Å². The van der Waals surface area contributed by atoms with E-state index in [4.69, 9.17) is 4.74 Å². The van der Waals surface area contributed by atoms with E-state index in [2.05, 4.69) is 13.6 Å². The Kier molecular flexibility index (Phi) is 4.65. The fraction of sp³-hybridized carbons (Fsp3) is 0.467. The van der Waals surface area contributed by atoms with E-state index in [1.807, 2.05) is 0 Å². The lowest BCUT2D eigenvalue weighted by molar-refractivity contribution is 0.296. The number of rotatable bonds is 4. The average molecular weight is 307 g/mol. The van der Waals surface area contributed by atoms with Gasteiger partial charge in [0.2, 0.25) is 5.82 Å². The monoisotopic (exact) mass is 307 g/mol. The molecule has 4 nitrogen and oxygen atoms in total. The van der Waals surface area contributed by atoms with Gasteiger partial charge in [-0.1, -0.05) is 25.0 Å². The number of hydrogen-bond donors (Lipinski definition) is 0. The Balaban J connectivity index is 1.65. The van der Waals surface area contributed by atoms with E-state index < -0.39 is 0 Å². The predicted octanol–water partition coefficient (Wildman–Crippen LogP) is 3.64. The van der Waals surface area contributed by atoms with Crippen LogP contribution in [0.3, 0.4) is 0 Å². The molecule has 0 spiro atoms. The SMILES string of the molecule is Fc1ccc(COc2nsnc2N2CCCCCC2)cc1. The molecule has 21 heavy (non-hydrogen) atoms. The molecule has 1 aliphatic heterocycles. The Morgan fingerprint density at radius 3 is 2.48 bits per heavy atom. The van der Waals surface area contributed by atoms with Gasteiger partial charge in [-0.05, 0) is 30.5 Å². The number of nitrogens with zero attached hydrogens (tertiary/aromatic N) is 3. The van der Waals surface area contributed by atoms with Gasteiger partial charge in [0, 0.05) is 13.1 Å². The van der Waals surface area contributed by atoms with E-state index in [0.717, 1.165) is 24.5 Å². The zero-order chi connectivity index (χ0) is 14.5. The highest BCUT2D eigenvalue weighted by molar-refractivity contribution is 6.99. The van der Waals surface area contributed by atoms with Crippen LogP contribution >= 0.6 is 11.7 Å². The van der Waals surface area contributed by atoms with Crippen molar-refractivity contribution < 1.29 is 9.13 Å². The summed E-state index contributed by atoms with van der Waals surface area (Å²) in [5.41, 5.74) is 0.922. The lowest BCUT2D eigenvalue weighted by Gasteiger charge is -2.20. The summed E-state index contributed by atoms with van der Waals surface area (Å²) in [6, 6.07) is 6.32. The van der Waals surface area contributed by atoms with Gasteiger partial charge in [0.1, 0.15) is 12.4 Å². The molecular formula is C15H18FN3OS. The molecule has 3 rings (SSSR count). The number of halogens is 1. The van der Waals surface area contributed by atoms with Gasteiger partial charge in [0.25, 0.3) is 5.88 Å². The zero-order valence-electron chi connectivity index (χ0n) is 11.8. The molecule has 1 aromatic carbocycles. The van der Waals surface area contributed by atoms with Crippen LogP contribution in [0.5, 0.6) is 5.88 Å². The summed E-state index contributed by atoms with van der Waals surface area (Å²) in [4.78, 5) is 2.26. The highest BCUT2D eigenvalue weighted by Gasteiger charge is 2.18. The largest absolute Gasteiger partial charge is 0.470 e. The van der Waals surface area contributed by atoms with Crippen molar-refractivity contribution in [2.75, 3.05) is 18.0 Å². The van der Waals surface area contributed by atoms with Crippen molar-refractivity contribution in [1.82, 2.24) is 8.75 Å². The van der Waals surface area contributed by atoms with Gasteiger partial charge < -0.3 is 9.64 Å². The smallest absolute Gasteiger partial charge is 0.271 e. The van der Waals surface area contributed by atoms with Gasteiger partial charge in [-0.15, -0.1) is 4.37 Å². The Hall–Kier alpha value is -1.69. The van der Waals surface area contributed by atoms with E-state index in [0.29, 0.717) is 12.5 Å². The van der Waals surface area contributed by atoms with Crippen molar-refractivity contribution in [3.8, 4) is 5.88 Å². The van der Waals surface area contributed by atoms with Crippen LogP contribution < -0.4 is 9.64 Å². The molecule has 0 unspecified atom stereocenters. The molecule has 0 bridgehead atoms. The molecule has 112 valence electrons. The van der Waals surface area contributed by atoms with Gasteiger partial charge in [0.05, 0.1) is 11.7 Å². The molecule has 1 aliphatic rings. The number of benzene rings is 1. The van der Waals surface area contributed by atoms with E-state index in [9.17, 15) is 4.39 Å². The molecule has 2 aromatic rings. The van der Waals surface area contributed by atoms with Crippen LogP contribution in [0.25, 0.3) is 0 Å². The Morgan fingerprint density at radius 1 is 1.05 bits per heavy atom. The maximum absolute atomic E-state index is 12.9. The minimum atomic E-state index is -0.237. The van der Waals surface area contributed by atoms with Crippen LogP contribution in [0, 0.1) is 5.82 Å². The van der Waals surface area contributed by atoms with Gasteiger partial charge in [-0.2, -0.15) is 4.37 Å². The molecule has 0 atom stereocenters. The third-order valence-electron chi connectivity index (χ3n) is 3.64. The number of hydrogen-bond acceptors (Lipinski definition) is 5. The summed E-state index contributed by atoms with van der Waals surface area (Å²) in [5.74, 6) is 1.20. The van der Waals surface area contributed by atoms with Crippen LogP contribution in [-0.2, 0) is 6.61 Å². The van der Waals surface area contributed by atoms with Crippen LogP contribution in [0.15, 0.2) is 24.3 Å². The number of aromatic nitrogens is 2. The summed E-state index contributed by atoms with van der Waals surface area (Å²) >= 11 is 1.18. The van der Waals surface area contributed by atoms with Crippen LogP contribution in [0.2, 0.25) is 0 Å². The lowest BCUT2D eigenvalue weighted by atomic mass is 10.2. The fourth-order valence-electron chi connectivity index (χ4n) is 2.47. The Bertz CT molecular complexity index is 565. The van der Waals surface area contributed by atoms with Crippen LogP contribution in [0.1, 0.15) is 31.2 Å². The molecule has 0 saturated carbocycles. The van der Waals surface area contributed by atoms with E-state index in [1.54, 1.807) is 12.1 Å².